The van der Waals surface area contributed by atoms with Crippen LogP contribution in [0, 0.1) is 5.92 Å². The predicted molar refractivity (Wildman–Crippen MR) is 98.1 cm³/mol. The number of nitrogens with zero attached hydrogens (tertiary/aromatic N) is 2. The van der Waals surface area contributed by atoms with Gasteiger partial charge in [-0.1, -0.05) is 12.1 Å². The average molecular weight is 358 g/mol. The Bertz CT molecular complexity index is 738. The maximum Gasteiger partial charge on any atom is 0.236 e. The summed E-state index contributed by atoms with van der Waals surface area (Å²) in [4.78, 5) is 16.9. The minimum Gasteiger partial charge on any atom is -0.464 e. The van der Waals surface area contributed by atoms with E-state index in [9.17, 15) is 4.79 Å². The molecule has 1 aromatic carbocycles. The number of morpholine rings is 1. The molecule has 3 heterocycles. The minimum atomic E-state index is 0.198. The van der Waals surface area contributed by atoms with Crippen LogP contribution in [0.4, 0.5) is 0 Å². The second-order valence-corrected chi connectivity index (χ2v) is 7.12. The first-order chi connectivity index (χ1) is 12.8. The molecular formula is C20H26N2O4. The van der Waals surface area contributed by atoms with E-state index in [1.165, 1.54) is 5.56 Å². The van der Waals surface area contributed by atoms with Gasteiger partial charge in [0.2, 0.25) is 5.91 Å². The van der Waals surface area contributed by atoms with Crippen molar-refractivity contribution in [3.63, 3.8) is 0 Å². The van der Waals surface area contributed by atoms with Crippen molar-refractivity contribution in [2.75, 3.05) is 59.2 Å². The van der Waals surface area contributed by atoms with Gasteiger partial charge >= 0.3 is 0 Å². The van der Waals surface area contributed by atoms with Gasteiger partial charge in [-0.15, -0.1) is 0 Å². The molecule has 6 nitrogen and oxygen atoms in total. The number of amides is 1. The average Bonchev–Trinajstić information content (AvgIpc) is 3.02. The van der Waals surface area contributed by atoms with Crippen LogP contribution in [0.25, 0.3) is 11.0 Å². The summed E-state index contributed by atoms with van der Waals surface area (Å²) in [7, 11) is 0. The van der Waals surface area contributed by atoms with Gasteiger partial charge in [0.05, 0.1) is 39.2 Å². The summed E-state index contributed by atoms with van der Waals surface area (Å²) in [5.74, 6) is 0.496. The Morgan fingerprint density at radius 2 is 1.92 bits per heavy atom. The molecular weight excluding hydrogens is 332 g/mol. The number of fused-ring (bicyclic) bond motifs is 1. The molecule has 2 saturated heterocycles. The van der Waals surface area contributed by atoms with E-state index in [0.29, 0.717) is 45.4 Å². The second kappa shape index (κ2) is 8.20. The predicted octanol–water partition coefficient (Wildman–Crippen LogP) is 1.78. The standard InChI is InChI=1S/C20H26N2O4/c23-20(14-21-5-9-24-10-6-21)22-7-11-25-15-16(13-22)12-17-2-1-3-19-18(17)4-8-26-19/h1-4,8,16H,5-7,9-15H2/t16-/m0/s1. The largest absolute Gasteiger partial charge is 0.464 e. The van der Waals surface area contributed by atoms with Gasteiger partial charge in [-0.25, -0.2) is 0 Å². The monoisotopic (exact) mass is 358 g/mol. The van der Waals surface area contributed by atoms with Gasteiger partial charge in [-0.3, -0.25) is 9.69 Å². The van der Waals surface area contributed by atoms with Crippen LogP contribution in [0.1, 0.15) is 5.56 Å². The lowest BCUT2D eigenvalue weighted by molar-refractivity contribution is -0.133. The summed E-state index contributed by atoms with van der Waals surface area (Å²) in [5, 5.41) is 1.16. The lowest BCUT2D eigenvalue weighted by atomic mass is 9.97. The molecule has 1 amide bonds. The van der Waals surface area contributed by atoms with Crippen molar-refractivity contribution in [3.05, 3.63) is 36.1 Å². The van der Waals surface area contributed by atoms with Gasteiger partial charge in [0.15, 0.2) is 0 Å². The van der Waals surface area contributed by atoms with E-state index in [0.717, 1.165) is 37.0 Å². The third-order valence-electron chi connectivity index (χ3n) is 5.25. The summed E-state index contributed by atoms with van der Waals surface area (Å²) >= 11 is 0. The third kappa shape index (κ3) is 4.09. The van der Waals surface area contributed by atoms with E-state index in [2.05, 4.69) is 11.0 Å². The second-order valence-electron chi connectivity index (χ2n) is 7.12. The molecule has 6 heteroatoms. The molecule has 1 aromatic heterocycles. The summed E-state index contributed by atoms with van der Waals surface area (Å²) < 4.78 is 16.7. The molecule has 140 valence electrons. The van der Waals surface area contributed by atoms with E-state index >= 15 is 0 Å². The zero-order valence-corrected chi connectivity index (χ0v) is 15.1. The van der Waals surface area contributed by atoms with Crippen molar-refractivity contribution in [2.45, 2.75) is 6.42 Å². The molecule has 1 atom stereocenters. The number of furan rings is 1. The Labute approximate surface area is 153 Å². The molecule has 0 aliphatic carbocycles. The SMILES string of the molecule is O=C(CN1CCOCC1)N1CCOC[C@@H](Cc2cccc3occc23)C1. The Balaban J connectivity index is 1.40. The fourth-order valence-electron chi connectivity index (χ4n) is 3.83. The molecule has 26 heavy (non-hydrogen) atoms. The fraction of sp³-hybridized carbons (Fsp3) is 0.550. The molecule has 2 aromatic rings. The topological polar surface area (TPSA) is 55.2 Å². The number of carbonyl (C=O) groups excluding carboxylic acids is 1. The Kier molecular flexibility index (Phi) is 5.53. The number of rotatable bonds is 4. The quantitative estimate of drug-likeness (QED) is 0.834. The van der Waals surface area contributed by atoms with Gasteiger partial charge in [-0.05, 0) is 24.1 Å². The smallest absolute Gasteiger partial charge is 0.236 e. The summed E-state index contributed by atoms with van der Waals surface area (Å²) in [6.07, 6.45) is 2.62. The van der Waals surface area contributed by atoms with Crippen molar-refractivity contribution in [1.82, 2.24) is 9.80 Å². The first-order valence-corrected chi connectivity index (χ1v) is 9.40. The molecule has 2 fully saturated rings. The lowest BCUT2D eigenvalue weighted by Gasteiger charge is -2.30. The highest BCUT2D eigenvalue weighted by atomic mass is 16.5. The third-order valence-corrected chi connectivity index (χ3v) is 5.25. The van der Waals surface area contributed by atoms with Gasteiger partial charge in [-0.2, -0.15) is 0 Å². The van der Waals surface area contributed by atoms with E-state index < -0.39 is 0 Å². The molecule has 2 aliphatic rings. The number of benzene rings is 1. The molecule has 0 unspecified atom stereocenters. The van der Waals surface area contributed by atoms with Crippen LogP contribution in [0.5, 0.6) is 0 Å². The Morgan fingerprint density at radius 3 is 2.81 bits per heavy atom. The van der Waals surface area contributed by atoms with Crippen molar-refractivity contribution < 1.29 is 18.7 Å². The first kappa shape index (κ1) is 17.5. The van der Waals surface area contributed by atoms with Crippen molar-refractivity contribution >= 4 is 16.9 Å². The summed E-state index contributed by atoms with van der Waals surface area (Å²) in [5.41, 5.74) is 2.17. The normalized spacial score (nSPS) is 22.5. The highest BCUT2D eigenvalue weighted by molar-refractivity contribution is 5.81. The van der Waals surface area contributed by atoms with Crippen LogP contribution in [0.15, 0.2) is 34.9 Å². The Hall–Kier alpha value is -1.89. The Morgan fingerprint density at radius 1 is 1.08 bits per heavy atom. The van der Waals surface area contributed by atoms with Gasteiger partial charge in [0, 0.05) is 37.5 Å². The van der Waals surface area contributed by atoms with Crippen molar-refractivity contribution in [3.8, 4) is 0 Å². The zero-order valence-electron chi connectivity index (χ0n) is 15.1. The van der Waals surface area contributed by atoms with Crippen molar-refractivity contribution in [1.29, 1.82) is 0 Å². The number of hydrogen-bond acceptors (Lipinski definition) is 5. The van der Waals surface area contributed by atoms with E-state index in [1.807, 2.05) is 23.1 Å². The van der Waals surface area contributed by atoms with Crippen LogP contribution in [0.2, 0.25) is 0 Å². The van der Waals surface area contributed by atoms with Crippen molar-refractivity contribution in [2.24, 2.45) is 5.92 Å². The number of ether oxygens (including phenoxy) is 2. The molecule has 0 radical (unpaired) electrons. The molecule has 0 saturated carbocycles. The molecule has 0 N–H and O–H groups in total. The van der Waals surface area contributed by atoms with E-state index in [4.69, 9.17) is 13.9 Å². The van der Waals surface area contributed by atoms with Gasteiger partial charge < -0.3 is 18.8 Å². The fourth-order valence-corrected chi connectivity index (χ4v) is 3.83. The highest BCUT2D eigenvalue weighted by Gasteiger charge is 2.25. The number of carbonyl (C=O) groups is 1. The maximum atomic E-state index is 12.8. The molecule has 0 spiro atoms. The van der Waals surface area contributed by atoms with Gasteiger partial charge in [0.1, 0.15) is 5.58 Å². The van der Waals surface area contributed by atoms with Crippen LogP contribution in [-0.2, 0) is 20.7 Å². The van der Waals surface area contributed by atoms with Gasteiger partial charge in [0.25, 0.3) is 0 Å². The first-order valence-electron chi connectivity index (χ1n) is 9.40. The molecule has 0 bridgehead atoms. The summed E-state index contributed by atoms with van der Waals surface area (Å²) in [6, 6.07) is 8.17. The highest BCUT2D eigenvalue weighted by Crippen LogP contribution is 2.23. The molecule has 4 rings (SSSR count). The van der Waals surface area contributed by atoms with Crippen LogP contribution >= 0.6 is 0 Å². The van der Waals surface area contributed by atoms with Crippen LogP contribution in [-0.4, -0.2) is 74.9 Å². The van der Waals surface area contributed by atoms with E-state index in [-0.39, 0.29) is 5.91 Å². The summed E-state index contributed by atoms with van der Waals surface area (Å²) in [6.45, 7) is 6.31. The zero-order chi connectivity index (χ0) is 17.8. The van der Waals surface area contributed by atoms with Crippen LogP contribution < -0.4 is 0 Å². The van der Waals surface area contributed by atoms with Crippen LogP contribution in [0.3, 0.4) is 0 Å². The van der Waals surface area contributed by atoms with E-state index in [1.54, 1.807) is 6.26 Å². The molecule has 2 aliphatic heterocycles. The number of hydrogen-bond donors (Lipinski definition) is 0. The maximum absolute atomic E-state index is 12.8. The lowest BCUT2D eigenvalue weighted by Crippen LogP contribution is -2.46. The minimum absolute atomic E-state index is 0.198.